The summed E-state index contributed by atoms with van der Waals surface area (Å²) < 4.78 is 38.5. The molecule has 0 aromatic heterocycles. The summed E-state index contributed by atoms with van der Waals surface area (Å²) in [6.07, 6.45) is -0.269. The lowest BCUT2D eigenvalue weighted by Gasteiger charge is -2.34. The molecule has 0 bridgehead atoms. The first-order valence-electron chi connectivity index (χ1n) is 9.05. The van der Waals surface area contributed by atoms with Gasteiger partial charge in [0.25, 0.3) is 15.9 Å². The molecule has 2 aromatic rings. The molecule has 8 heteroatoms. The zero-order valence-corrected chi connectivity index (χ0v) is 16.7. The van der Waals surface area contributed by atoms with Gasteiger partial charge in [0.1, 0.15) is 5.75 Å². The van der Waals surface area contributed by atoms with Crippen molar-refractivity contribution in [1.29, 1.82) is 0 Å². The number of benzene rings is 2. The number of amides is 1. The minimum Gasteiger partial charge on any atom is -0.476 e. The highest BCUT2D eigenvalue weighted by molar-refractivity contribution is 7.92. The SMILES string of the molecule is COCCCNC(=O)[C@H]1CN(S(=O)(=O)c2ccc(C)cc2)c2ccccc2O1. The summed E-state index contributed by atoms with van der Waals surface area (Å²) in [6, 6.07) is 13.5. The number of hydrogen-bond donors (Lipinski definition) is 1. The number of carbonyl (C=O) groups is 1. The summed E-state index contributed by atoms with van der Waals surface area (Å²) in [5, 5.41) is 2.77. The summed E-state index contributed by atoms with van der Waals surface area (Å²) in [6.45, 7) is 2.76. The van der Waals surface area contributed by atoms with Crippen LogP contribution in [0.15, 0.2) is 53.4 Å². The number of sulfonamides is 1. The summed E-state index contributed by atoms with van der Waals surface area (Å²) in [5.74, 6) is 0.0104. The summed E-state index contributed by atoms with van der Waals surface area (Å²) in [7, 11) is -2.24. The van der Waals surface area contributed by atoms with E-state index in [1.54, 1.807) is 55.6 Å². The Morgan fingerprint density at radius 3 is 2.64 bits per heavy atom. The van der Waals surface area contributed by atoms with Crippen molar-refractivity contribution in [1.82, 2.24) is 5.32 Å². The van der Waals surface area contributed by atoms with E-state index in [1.807, 2.05) is 6.92 Å². The molecule has 2 aromatic carbocycles. The predicted molar refractivity (Wildman–Crippen MR) is 106 cm³/mol. The fraction of sp³-hybridized carbons (Fsp3) is 0.350. The van der Waals surface area contributed by atoms with E-state index in [9.17, 15) is 13.2 Å². The molecule has 150 valence electrons. The van der Waals surface area contributed by atoms with Crippen LogP contribution >= 0.6 is 0 Å². The van der Waals surface area contributed by atoms with Crippen molar-refractivity contribution in [3.05, 3.63) is 54.1 Å². The Labute approximate surface area is 165 Å². The molecule has 1 amide bonds. The van der Waals surface area contributed by atoms with Gasteiger partial charge in [0.05, 0.1) is 17.1 Å². The minimum atomic E-state index is -3.83. The summed E-state index contributed by atoms with van der Waals surface area (Å²) >= 11 is 0. The number of para-hydroxylation sites is 2. The number of anilines is 1. The molecule has 0 fully saturated rings. The first-order valence-corrected chi connectivity index (χ1v) is 10.5. The maximum absolute atomic E-state index is 13.3. The number of aryl methyl sites for hydroxylation is 1. The van der Waals surface area contributed by atoms with Crippen LogP contribution in [0.25, 0.3) is 0 Å². The van der Waals surface area contributed by atoms with Gasteiger partial charge in [-0.15, -0.1) is 0 Å². The number of ether oxygens (including phenoxy) is 2. The van der Waals surface area contributed by atoms with Gasteiger partial charge in [-0.1, -0.05) is 29.8 Å². The van der Waals surface area contributed by atoms with E-state index in [4.69, 9.17) is 9.47 Å². The fourth-order valence-electron chi connectivity index (χ4n) is 2.95. The van der Waals surface area contributed by atoms with Crippen molar-refractivity contribution >= 4 is 21.6 Å². The molecule has 0 saturated carbocycles. The number of rotatable bonds is 7. The molecule has 1 atom stereocenters. The molecule has 0 radical (unpaired) electrons. The highest BCUT2D eigenvalue weighted by atomic mass is 32.2. The van der Waals surface area contributed by atoms with Crippen LogP contribution in [0.4, 0.5) is 5.69 Å². The standard InChI is InChI=1S/C20H24N2O5S/c1-15-8-10-16(11-9-15)28(24,25)22-14-19(20(23)21-12-5-13-26-2)27-18-7-4-3-6-17(18)22/h3-4,6-11,19H,5,12-14H2,1-2H3,(H,21,23)/t19-/m1/s1. The van der Waals surface area contributed by atoms with Crippen molar-refractivity contribution in [3.63, 3.8) is 0 Å². The van der Waals surface area contributed by atoms with Gasteiger partial charge in [-0.05, 0) is 37.6 Å². The van der Waals surface area contributed by atoms with E-state index in [2.05, 4.69) is 5.32 Å². The van der Waals surface area contributed by atoms with Crippen LogP contribution in [0, 0.1) is 6.92 Å². The van der Waals surface area contributed by atoms with Crippen LogP contribution in [-0.2, 0) is 19.6 Å². The largest absolute Gasteiger partial charge is 0.476 e. The van der Waals surface area contributed by atoms with Gasteiger partial charge in [0, 0.05) is 20.3 Å². The third-order valence-corrected chi connectivity index (χ3v) is 6.25. The second-order valence-corrected chi connectivity index (χ2v) is 8.42. The Hall–Kier alpha value is -2.58. The molecule has 7 nitrogen and oxygen atoms in total. The molecule has 1 heterocycles. The molecule has 1 aliphatic heterocycles. The quantitative estimate of drug-likeness (QED) is 0.715. The highest BCUT2D eigenvalue weighted by Gasteiger charge is 2.37. The van der Waals surface area contributed by atoms with Crippen molar-refractivity contribution in [2.75, 3.05) is 31.1 Å². The predicted octanol–water partition coefficient (Wildman–Crippen LogP) is 2.10. The molecular formula is C20H24N2O5S. The van der Waals surface area contributed by atoms with Crippen LogP contribution < -0.4 is 14.4 Å². The Kier molecular flexibility index (Phi) is 6.21. The van der Waals surface area contributed by atoms with Crippen molar-refractivity contribution in [3.8, 4) is 5.75 Å². The number of methoxy groups -OCH3 is 1. The number of carbonyl (C=O) groups excluding carboxylic acids is 1. The average Bonchev–Trinajstić information content (AvgIpc) is 2.70. The van der Waals surface area contributed by atoms with Crippen molar-refractivity contribution in [2.45, 2.75) is 24.3 Å². The second kappa shape index (κ2) is 8.62. The van der Waals surface area contributed by atoms with Gasteiger partial charge < -0.3 is 14.8 Å². The van der Waals surface area contributed by atoms with E-state index < -0.39 is 16.1 Å². The molecule has 1 N–H and O–H groups in total. The van der Waals surface area contributed by atoms with Gasteiger partial charge in [-0.25, -0.2) is 8.42 Å². The van der Waals surface area contributed by atoms with E-state index >= 15 is 0 Å². The zero-order chi connectivity index (χ0) is 20.1. The van der Waals surface area contributed by atoms with Crippen LogP contribution in [0.5, 0.6) is 5.75 Å². The van der Waals surface area contributed by atoms with Crippen molar-refractivity contribution in [2.24, 2.45) is 0 Å². The highest BCUT2D eigenvalue weighted by Crippen LogP contribution is 2.36. The molecule has 0 unspecified atom stereocenters. The van der Waals surface area contributed by atoms with Gasteiger partial charge in [-0.2, -0.15) is 0 Å². The van der Waals surface area contributed by atoms with Crippen LogP contribution in [0.1, 0.15) is 12.0 Å². The molecule has 0 aliphatic carbocycles. The van der Waals surface area contributed by atoms with Crippen LogP contribution in [0.3, 0.4) is 0 Å². The lowest BCUT2D eigenvalue weighted by molar-refractivity contribution is -0.127. The second-order valence-electron chi connectivity index (χ2n) is 6.56. The summed E-state index contributed by atoms with van der Waals surface area (Å²) in [4.78, 5) is 12.7. The Balaban J connectivity index is 1.87. The molecular weight excluding hydrogens is 380 g/mol. The zero-order valence-electron chi connectivity index (χ0n) is 15.9. The molecule has 1 aliphatic rings. The topological polar surface area (TPSA) is 84.9 Å². The molecule has 3 rings (SSSR count). The first kappa shape index (κ1) is 20.2. The number of nitrogens with zero attached hydrogens (tertiary/aromatic N) is 1. The smallest absolute Gasteiger partial charge is 0.264 e. The Bertz CT molecular complexity index is 928. The van der Waals surface area contributed by atoms with E-state index in [-0.39, 0.29) is 17.3 Å². The lowest BCUT2D eigenvalue weighted by Crippen LogP contribution is -2.50. The number of hydrogen-bond acceptors (Lipinski definition) is 5. The normalized spacial score (nSPS) is 16.2. The van der Waals surface area contributed by atoms with E-state index in [0.717, 1.165) is 5.56 Å². The van der Waals surface area contributed by atoms with Crippen molar-refractivity contribution < 1.29 is 22.7 Å². The summed E-state index contributed by atoms with van der Waals surface area (Å²) in [5.41, 5.74) is 1.39. The third-order valence-electron chi connectivity index (χ3n) is 4.46. The minimum absolute atomic E-state index is 0.0939. The third kappa shape index (κ3) is 4.28. The Morgan fingerprint density at radius 1 is 1.21 bits per heavy atom. The number of fused-ring (bicyclic) bond motifs is 1. The lowest BCUT2D eigenvalue weighted by atomic mass is 10.2. The maximum Gasteiger partial charge on any atom is 0.264 e. The van der Waals surface area contributed by atoms with E-state index in [0.29, 0.717) is 31.0 Å². The monoisotopic (exact) mass is 404 g/mol. The van der Waals surface area contributed by atoms with Gasteiger partial charge in [0.2, 0.25) is 0 Å². The Morgan fingerprint density at radius 2 is 1.93 bits per heavy atom. The van der Waals surface area contributed by atoms with Gasteiger partial charge >= 0.3 is 0 Å². The maximum atomic E-state index is 13.3. The average molecular weight is 404 g/mol. The fourth-order valence-corrected chi connectivity index (χ4v) is 4.42. The van der Waals surface area contributed by atoms with E-state index in [1.165, 1.54) is 4.31 Å². The molecule has 0 saturated heterocycles. The van der Waals surface area contributed by atoms with Gasteiger partial charge in [0.15, 0.2) is 6.10 Å². The van der Waals surface area contributed by atoms with Gasteiger partial charge in [-0.3, -0.25) is 9.10 Å². The first-order chi connectivity index (χ1) is 13.4. The van der Waals surface area contributed by atoms with Crippen LogP contribution in [-0.4, -0.2) is 47.2 Å². The molecule has 0 spiro atoms. The molecule has 28 heavy (non-hydrogen) atoms. The van der Waals surface area contributed by atoms with Crippen LogP contribution in [0.2, 0.25) is 0 Å². The number of nitrogens with one attached hydrogen (secondary N) is 1.